The Morgan fingerprint density at radius 2 is 2.20 bits per heavy atom. The van der Waals surface area contributed by atoms with Crippen LogP contribution in [-0.2, 0) is 6.54 Å². The molecule has 25 heavy (non-hydrogen) atoms. The maximum Gasteiger partial charge on any atom is 0.319 e. The van der Waals surface area contributed by atoms with Crippen LogP contribution in [0.25, 0.3) is 0 Å². The van der Waals surface area contributed by atoms with Crippen LogP contribution in [0.4, 0.5) is 8.78 Å². The van der Waals surface area contributed by atoms with E-state index in [1.165, 1.54) is 44.5 Å². The minimum absolute atomic E-state index is 0.163. The highest BCUT2D eigenvalue weighted by Crippen LogP contribution is 2.42. The number of rotatable bonds is 4. The molecule has 1 aliphatic heterocycles. The van der Waals surface area contributed by atoms with E-state index in [1.807, 2.05) is 6.92 Å². The van der Waals surface area contributed by atoms with E-state index >= 15 is 0 Å². The highest BCUT2D eigenvalue weighted by Gasteiger charge is 2.38. The highest BCUT2D eigenvalue weighted by atomic mass is 32.2. The summed E-state index contributed by atoms with van der Waals surface area (Å²) in [5.74, 6) is 2.21. The van der Waals surface area contributed by atoms with Gasteiger partial charge in [0.05, 0.1) is 0 Å². The summed E-state index contributed by atoms with van der Waals surface area (Å²) < 4.78 is 27.2. The molecule has 3 rings (SSSR count). The fourth-order valence-corrected chi connectivity index (χ4v) is 5.31. The van der Waals surface area contributed by atoms with Gasteiger partial charge < -0.3 is 10.2 Å². The lowest BCUT2D eigenvalue weighted by Gasteiger charge is -2.45. The van der Waals surface area contributed by atoms with Crippen molar-refractivity contribution in [1.82, 2.24) is 19.8 Å². The second-order valence-corrected chi connectivity index (χ2v) is 8.28. The van der Waals surface area contributed by atoms with Gasteiger partial charge in [0.1, 0.15) is 12.4 Å². The lowest BCUT2D eigenvalue weighted by Crippen LogP contribution is -2.53. The third kappa shape index (κ3) is 4.46. The number of nitrogens with zero attached hydrogens (tertiary/aromatic N) is 4. The smallest absolute Gasteiger partial charge is 0.319 e. The van der Waals surface area contributed by atoms with Gasteiger partial charge in [0.15, 0.2) is 5.96 Å². The van der Waals surface area contributed by atoms with Gasteiger partial charge in [-0.05, 0) is 19.8 Å². The molecule has 140 valence electrons. The molecule has 0 amide bonds. The Labute approximate surface area is 152 Å². The van der Waals surface area contributed by atoms with Crippen molar-refractivity contribution in [3.05, 3.63) is 18.2 Å². The van der Waals surface area contributed by atoms with E-state index in [0.717, 1.165) is 35.9 Å². The predicted molar refractivity (Wildman–Crippen MR) is 98.1 cm³/mol. The first kappa shape index (κ1) is 18.5. The number of halogens is 2. The van der Waals surface area contributed by atoms with Crippen molar-refractivity contribution in [1.29, 1.82) is 0 Å². The van der Waals surface area contributed by atoms with Gasteiger partial charge in [0, 0.05) is 42.5 Å². The first-order chi connectivity index (χ1) is 12.1. The molecule has 0 aromatic carbocycles. The van der Waals surface area contributed by atoms with Crippen LogP contribution < -0.4 is 5.32 Å². The van der Waals surface area contributed by atoms with Gasteiger partial charge in [-0.15, -0.1) is 0 Å². The Kier molecular flexibility index (Phi) is 6.19. The minimum atomic E-state index is -2.58. The van der Waals surface area contributed by atoms with Crippen LogP contribution in [0.15, 0.2) is 17.4 Å². The molecule has 8 heteroatoms. The molecule has 2 heterocycles. The van der Waals surface area contributed by atoms with Crippen LogP contribution in [0.2, 0.25) is 0 Å². The molecule has 1 aromatic rings. The summed E-state index contributed by atoms with van der Waals surface area (Å²) in [6, 6.07) is 0. The lowest BCUT2D eigenvalue weighted by atomic mass is 9.87. The number of aromatic nitrogens is 2. The van der Waals surface area contributed by atoms with E-state index in [9.17, 15) is 8.78 Å². The maximum atomic E-state index is 13.0. The molecule has 2 fully saturated rings. The number of guanidine groups is 1. The van der Waals surface area contributed by atoms with Crippen molar-refractivity contribution in [3.8, 4) is 0 Å². The van der Waals surface area contributed by atoms with Crippen LogP contribution in [0, 0.1) is 0 Å². The normalized spacial score (nSPS) is 21.1. The molecule has 0 bridgehead atoms. The number of thioether (sulfide) groups is 1. The van der Waals surface area contributed by atoms with Crippen LogP contribution in [-0.4, -0.2) is 50.5 Å². The van der Waals surface area contributed by atoms with Crippen molar-refractivity contribution in [2.45, 2.75) is 56.9 Å². The zero-order valence-electron chi connectivity index (χ0n) is 14.8. The first-order valence-corrected chi connectivity index (χ1v) is 10.1. The Morgan fingerprint density at radius 3 is 2.92 bits per heavy atom. The van der Waals surface area contributed by atoms with E-state index in [-0.39, 0.29) is 6.54 Å². The van der Waals surface area contributed by atoms with Gasteiger partial charge in [0.25, 0.3) is 0 Å². The number of aliphatic imine (C=N–C) groups is 1. The molecule has 2 aliphatic rings. The molecule has 1 saturated carbocycles. The molecule has 1 saturated heterocycles. The molecular formula is C17H27F2N5S. The number of nitrogens with one attached hydrogen (secondary N) is 1. The Morgan fingerprint density at radius 1 is 1.40 bits per heavy atom. The number of hydrogen-bond acceptors (Lipinski definition) is 3. The van der Waals surface area contributed by atoms with Crippen molar-refractivity contribution < 1.29 is 8.78 Å². The molecule has 0 unspecified atom stereocenters. The monoisotopic (exact) mass is 371 g/mol. The van der Waals surface area contributed by atoms with Crippen molar-refractivity contribution in [2.75, 3.05) is 25.4 Å². The van der Waals surface area contributed by atoms with Crippen LogP contribution in [0.1, 0.15) is 51.4 Å². The van der Waals surface area contributed by atoms with E-state index in [1.54, 1.807) is 0 Å². The number of hydrogen-bond donors (Lipinski definition) is 1. The topological polar surface area (TPSA) is 45.5 Å². The summed E-state index contributed by atoms with van der Waals surface area (Å²) in [6.07, 6.45) is 9.19. The molecule has 1 spiro atoms. The zero-order valence-corrected chi connectivity index (χ0v) is 15.6. The third-order valence-electron chi connectivity index (χ3n) is 4.98. The van der Waals surface area contributed by atoms with E-state index in [4.69, 9.17) is 0 Å². The van der Waals surface area contributed by atoms with Crippen molar-refractivity contribution in [2.24, 2.45) is 4.99 Å². The van der Waals surface area contributed by atoms with Crippen molar-refractivity contribution >= 4 is 17.7 Å². The van der Waals surface area contributed by atoms with Gasteiger partial charge in [-0.25, -0.2) is 9.98 Å². The summed E-state index contributed by atoms with van der Waals surface area (Å²) in [6.45, 7) is 2.32. The molecule has 1 aliphatic carbocycles. The number of imidazole rings is 1. The average Bonchev–Trinajstić information content (AvgIpc) is 3.08. The van der Waals surface area contributed by atoms with E-state index in [2.05, 4.69) is 32.0 Å². The molecule has 1 aromatic heterocycles. The Bertz CT molecular complexity index is 578. The minimum Gasteiger partial charge on any atom is -0.357 e. The van der Waals surface area contributed by atoms with Gasteiger partial charge in [0.2, 0.25) is 0 Å². The van der Waals surface area contributed by atoms with Gasteiger partial charge in [-0.2, -0.15) is 20.5 Å². The van der Waals surface area contributed by atoms with E-state index in [0.29, 0.717) is 10.6 Å². The Balaban J connectivity index is 1.72. The quantitative estimate of drug-likeness (QED) is 0.650. The van der Waals surface area contributed by atoms with E-state index < -0.39 is 6.55 Å². The molecule has 1 N–H and O–H groups in total. The van der Waals surface area contributed by atoms with Crippen molar-refractivity contribution in [3.63, 3.8) is 0 Å². The summed E-state index contributed by atoms with van der Waals surface area (Å²) in [5, 5.41) is 3.33. The molecular weight excluding hydrogens is 344 g/mol. The summed E-state index contributed by atoms with van der Waals surface area (Å²) >= 11 is 2.11. The largest absolute Gasteiger partial charge is 0.357 e. The average molecular weight is 372 g/mol. The van der Waals surface area contributed by atoms with Crippen LogP contribution in [0.5, 0.6) is 0 Å². The second kappa shape index (κ2) is 8.38. The second-order valence-electron chi connectivity index (χ2n) is 6.71. The van der Waals surface area contributed by atoms with Gasteiger partial charge in [-0.1, -0.05) is 19.3 Å². The predicted octanol–water partition coefficient (Wildman–Crippen LogP) is 3.50. The SMILES string of the molecule is CCNC(=NCc1nccn1C(F)F)N1CCSC2(CCCCC2)C1. The fourth-order valence-electron chi connectivity index (χ4n) is 3.74. The highest BCUT2D eigenvalue weighted by molar-refractivity contribution is 8.00. The third-order valence-corrected chi connectivity index (χ3v) is 6.51. The van der Waals surface area contributed by atoms with Gasteiger partial charge in [-0.3, -0.25) is 4.57 Å². The summed E-state index contributed by atoms with van der Waals surface area (Å²) in [5.41, 5.74) is 0. The fraction of sp³-hybridized carbons (Fsp3) is 0.765. The summed E-state index contributed by atoms with van der Waals surface area (Å²) in [7, 11) is 0. The van der Waals surface area contributed by atoms with Crippen LogP contribution in [0.3, 0.4) is 0 Å². The van der Waals surface area contributed by atoms with Crippen LogP contribution >= 0.6 is 11.8 Å². The lowest BCUT2D eigenvalue weighted by molar-refractivity contribution is 0.0671. The number of alkyl halides is 2. The molecule has 5 nitrogen and oxygen atoms in total. The summed E-state index contributed by atoms with van der Waals surface area (Å²) in [4.78, 5) is 10.9. The molecule has 0 atom stereocenters. The molecule has 0 radical (unpaired) electrons. The van der Waals surface area contributed by atoms with Gasteiger partial charge >= 0.3 is 6.55 Å². The zero-order chi connectivity index (χ0) is 17.7. The standard InChI is InChI=1S/C17H27F2N5S/c1-2-20-16(22-12-14-21-8-9-24(14)15(18)19)23-10-11-25-17(13-23)6-4-3-5-7-17/h8-9,15H,2-7,10-13H2,1H3,(H,20,22). The maximum absolute atomic E-state index is 13.0. The first-order valence-electron chi connectivity index (χ1n) is 9.11. The Hall–Kier alpha value is -1.31.